The number of rotatable bonds is 10. The average Bonchev–Trinajstić information content (AvgIpc) is 2.40. The molecule has 1 aromatic rings. The molecule has 21 heavy (non-hydrogen) atoms. The van der Waals surface area contributed by atoms with E-state index in [0.717, 1.165) is 47.0 Å². The zero-order valence-electron chi connectivity index (χ0n) is 12.8. The SMILES string of the molecule is CC(C)CNCc1cc(Br)c(OCCCCCO)c(Br)c1. The van der Waals surface area contributed by atoms with E-state index in [2.05, 4.69) is 63.2 Å². The first-order valence-electron chi connectivity index (χ1n) is 7.47. The molecular weight excluding hydrogens is 398 g/mol. The largest absolute Gasteiger partial charge is 0.491 e. The Morgan fingerprint density at radius 1 is 1.14 bits per heavy atom. The first kappa shape index (κ1) is 18.9. The lowest BCUT2D eigenvalue weighted by atomic mass is 10.2. The van der Waals surface area contributed by atoms with E-state index in [1.807, 2.05) is 0 Å². The van der Waals surface area contributed by atoms with E-state index in [9.17, 15) is 0 Å². The summed E-state index contributed by atoms with van der Waals surface area (Å²) in [6.07, 6.45) is 2.78. The molecule has 1 rings (SSSR count). The van der Waals surface area contributed by atoms with E-state index in [1.165, 1.54) is 5.56 Å². The highest BCUT2D eigenvalue weighted by molar-refractivity contribution is 9.11. The van der Waals surface area contributed by atoms with E-state index in [1.54, 1.807) is 0 Å². The molecule has 0 radical (unpaired) electrons. The molecule has 0 aliphatic heterocycles. The Morgan fingerprint density at radius 2 is 1.81 bits per heavy atom. The number of ether oxygens (including phenoxy) is 1. The van der Waals surface area contributed by atoms with Crippen molar-refractivity contribution < 1.29 is 9.84 Å². The van der Waals surface area contributed by atoms with Crippen LogP contribution in [0.25, 0.3) is 0 Å². The summed E-state index contributed by atoms with van der Waals surface area (Å²) in [5, 5.41) is 12.2. The molecule has 0 heterocycles. The smallest absolute Gasteiger partial charge is 0.147 e. The second-order valence-corrected chi connectivity index (χ2v) is 7.25. The third-order valence-corrected chi connectivity index (χ3v) is 4.17. The van der Waals surface area contributed by atoms with Gasteiger partial charge in [-0.3, -0.25) is 0 Å². The zero-order chi connectivity index (χ0) is 15.7. The van der Waals surface area contributed by atoms with Crippen LogP contribution in [0.1, 0.15) is 38.7 Å². The molecule has 0 amide bonds. The van der Waals surface area contributed by atoms with E-state index in [0.29, 0.717) is 12.5 Å². The summed E-state index contributed by atoms with van der Waals surface area (Å²) in [6, 6.07) is 4.20. The number of aliphatic hydroxyl groups is 1. The maximum absolute atomic E-state index is 8.74. The number of aliphatic hydroxyl groups excluding tert-OH is 1. The number of hydrogen-bond donors (Lipinski definition) is 2. The Balaban J connectivity index is 2.50. The molecule has 0 aromatic heterocycles. The predicted molar refractivity (Wildman–Crippen MR) is 94.8 cm³/mol. The lowest BCUT2D eigenvalue weighted by Crippen LogP contribution is -2.19. The number of benzene rings is 1. The number of nitrogens with one attached hydrogen (secondary N) is 1. The predicted octanol–water partition coefficient (Wildman–Crippen LogP) is 4.50. The Hall–Kier alpha value is -0.100. The van der Waals surface area contributed by atoms with E-state index in [4.69, 9.17) is 9.84 Å². The van der Waals surface area contributed by atoms with Gasteiger partial charge in [-0.1, -0.05) is 13.8 Å². The van der Waals surface area contributed by atoms with Crippen molar-refractivity contribution in [3.63, 3.8) is 0 Å². The fraction of sp³-hybridized carbons (Fsp3) is 0.625. The normalized spacial score (nSPS) is 11.1. The van der Waals surface area contributed by atoms with E-state index >= 15 is 0 Å². The van der Waals surface area contributed by atoms with Crippen LogP contribution in [0.5, 0.6) is 5.75 Å². The monoisotopic (exact) mass is 421 g/mol. The van der Waals surface area contributed by atoms with Gasteiger partial charge in [-0.05, 0) is 81.3 Å². The third-order valence-electron chi connectivity index (χ3n) is 2.99. The minimum Gasteiger partial charge on any atom is -0.491 e. The van der Waals surface area contributed by atoms with Crippen LogP contribution in [0.2, 0.25) is 0 Å². The van der Waals surface area contributed by atoms with Gasteiger partial charge < -0.3 is 15.2 Å². The molecule has 0 bridgehead atoms. The van der Waals surface area contributed by atoms with Crippen molar-refractivity contribution in [1.29, 1.82) is 0 Å². The zero-order valence-corrected chi connectivity index (χ0v) is 16.0. The van der Waals surface area contributed by atoms with Gasteiger partial charge in [0, 0.05) is 13.2 Å². The lowest BCUT2D eigenvalue weighted by molar-refractivity contribution is 0.265. The van der Waals surface area contributed by atoms with Crippen molar-refractivity contribution in [1.82, 2.24) is 5.32 Å². The summed E-state index contributed by atoms with van der Waals surface area (Å²) >= 11 is 7.16. The Labute approximate surface area is 144 Å². The van der Waals surface area contributed by atoms with Gasteiger partial charge in [0.1, 0.15) is 5.75 Å². The van der Waals surface area contributed by atoms with Gasteiger partial charge in [-0.15, -0.1) is 0 Å². The molecule has 0 fully saturated rings. The molecule has 3 nitrogen and oxygen atoms in total. The summed E-state index contributed by atoms with van der Waals surface area (Å²) in [5.41, 5.74) is 1.22. The Kier molecular flexibility index (Phi) is 9.56. The topological polar surface area (TPSA) is 41.5 Å². The lowest BCUT2D eigenvalue weighted by Gasteiger charge is -2.13. The van der Waals surface area contributed by atoms with Crippen molar-refractivity contribution in [3.8, 4) is 5.75 Å². The van der Waals surface area contributed by atoms with Gasteiger partial charge in [-0.25, -0.2) is 0 Å². The van der Waals surface area contributed by atoms with Crippen molar-refractivity contribution in [2.45, 2.75) is 39.7 Å². The van der Waals surface area contributed by atoms with Gasteiger partial charge in [0.05, 0.1) is 15.6 Å². The molecule has 0 saturated heterocycles. The minimum atomic E-state index is 0.255. The fourth-order valence-electron chi connectivity index (χ4n) is 1.92. The highest BCUT2D eigenvalue weighted by Crippen LogP contribution is 2.35. The van der Waals surface area contributed by atoms with Crippen LogP contribution in [0.3, 0.4) is 0 Å². The number of halogens is 2. The van der Waals surface area contributed by atoms with Crippen LogP contribution < -0.4 is 10.1 Å². The Bertz CT molecular complexity index is 402. The number of unbranched alkanes of at least 4 members (excludes halogenated alkanes) is 2. The second kappa shape index (κ2) is 10.6. The van der Waals surface area contributed by atoms with Gasteiger partial charge in [0.2, 0.25) is 0 Å². The highest BCUT2D eigenvalue weighted by atomic mass is 79.9. The molecule has 0 unspecified atom stereocenters. The van der Waals surface area contributed by atoms with Crippen LogP contribution in [0, 0.1) is 5.92 Å². The van der Waals surface area contributed by atoms with Crippen LogP contribution in [0.15, 0.2) is 21.1 Å². The molecule has 0 aliphatic rings. The first-order valence-corrected chi connectivity index (χ1v) is 9.05. The third kappa shape index (κ3) is 7.63. The van der Waals surface area contributed by atoms with Gasteiger partial charge >= 0.3 is 0 Å². The molecule has 0 atom stereocenters. The fourth-order valence-corrected chi connectivity index (χ4v) is 3.43. The highest BCUT2D eigenvalue weighted by Gasteiger charge is 2.09. The molecular formula is C16H25Br2NO2. The van der Waals surface area contributed by atoms with E-state index < -0.39 is 0 Å². The number of hydrogen-bond acceptors (Lipinski definition) is 3. The molecule has 0 saturated carbocycles. The van der Waals surface area contributed by atoms with Crippen molar-refractivity contribution in [2.24, 2.45) is 5.92 Å². The summed E-state index contributed by atoms with van der Waals surface area (Å²) in [4.78, 5) is 0. The summed E-state index contributed by atoms with van der Waals surface area (Å²) in [7, 11) is 0. The van der Waals surface area contributed by atoms with Crippen molar-refractivity contribution in [2.75, 3.05) is 19.8 Å². The van der Waals surface area contributed by atoms with Gasteiger partial charge in [0.25, 0.3) is 0 Å². The summed E-state index contributed by atoms with van der Waals surface area (Å²) in [6.45, 7) is 7.19. The Morgan fingerprint density at radius 3 is 2.38 bits per heavy atom. The van der Waals surface area contributed by atoms with Gasteiger partial charge in [0.15, 0.2) is 0 Å². The van der Waals surface area contributed by atoms with Crippen LogP contribution in [-0.4, -0.2) is 24.9 Å². The van der Waals surface area contributed by atoms with Crippen molar-refractivity contribution in [3.05, 3.63) is 26.6 Å². The molecule has 1 aromatic carbocycles. The molecule has 0 spiro atoms. The maximum atomic E-state index is 8.74. The van der Waals surface area contributed by atoms with Crippen LogP contribution >= 0.6 is 31.9 Å². The quantitative estimate of drug-likeness (QED) is 0.545. The molecule has 5 heteroatoms. The van der Waals surface area contributed by atoms with Gasteiger partial charge in [-0.2, -0.15) is 0 Å². The average molecular weight is 423 g/mol. The second-order valence-electron chi connectivity index (χ2n) is 5.55. The molecule has 2 N–H and O–H groups in total. The van der Waals surface area contributed by atoms with E-state index in [-0.39, 0.29) is 6.61 Å². The maximum Gasteiger partial charge on any atom is 0.147 e. The standard InChI is InChI=1S/C16H25Br2NO2/c1-12(2)10-19-11-13-8-14(17)16(15(18)9-13)21-7-5-3-4-6-20/h8-9,12,19-20H,3-7,10-11H2,1-2H3. The first-order chi connectivity index (χ1) is 10.0. The summed E-state index contributed by atoms with van der Waals surface area (Å²) < 4.78 is 7.76. The minimum absolute atomic E-state index is 0.255. The molecule has 0 aliphatic carbocycles. The van der Waals surface area contributed by atoms with Crippen LogP contribution in [0.4, 0.5) is 0 Å². The summed E-state index contributed by atoms with van der Waals surface area (Å²) in [5.74, 6) is 1.50. The van der Waals surface area contributed by atoms with Crippen molar-refractivity contribution >= 4 is 31.9 Å². The molecule has 120 valence electrons. The van der Waals surface area contributed by atoms with Crippen LogP contribution in [-0.2, 0) is 6.54 Å².